The van der Waals surface area contributed by atoms with Gasteiger partial charge >= 0.3 is 21.6 Å². The number of fused-ring (bicyclic) bond motifs is 1. The molecule has 0 amide bonds. The third kappa shape index (κ3) is 6.14. The van der Waals surface area contributed by atoms with Gasteiger partial charge in [0.1, 0.15) is 31.0 Å². The molecule has 0 radical (unpaired) electrons. The average Bonchev–Trinajstić information content (AvgIpc) is 3.07. The van der Waals surface area contributed by atoms with Crippen LogP contribution in [0.4, 0.5) is 5.82 Å². The van der Waals surface area contributed by atoms with E-state index in [1.54, 1.807) is 0 Å². The third-order valence-electron chi connectivity index (χ3n) is 3.42. The van der Waals surface area contributed by atoms with Gasteiger partial charge in [0, 0.05) is 0 Å². The van der Waals surface area contributed by atoms with Crippen molar-refractivity contribution in [2.75, 3.05) is 12.3 Å². The van der Waals surface area contributed by atoms with Crippen LogP contribution in [0.1, 0.15) is 0 Å². The van der Waals surface area contributed by atoms with Crippen LogP contribution in [0.15, 0.2) is 12.7 Å². The van der Waals surface area contributed by atoms with Crippen LogP contribution >= 0.6 is 15.6 Å². The minimum absolute atomic E-state index is 0.104. The molecule has 0 saturated carbocycles. The van der Waals surface area contributed by atoms with Gasteiger partial charge in [0.15, 0.2) is 17.4 Å². The van der Waals surface area contributed by atoms with Crippen LogP contribution in [0.3, 0.4) is 0 Å². The Morgan fingerprint density at radius 3 is 2.35 bits per heavy atom. The molecular formula is C11H17N5O13P2. The highest BCUT2D eigenvalue weighted by molar-refractivity contribution is 7.61. The highest BCUT2D eigenvalue weighted by Gasteiger charge is 2.45. The maximum Gasteiger partial charge on any atom is 0.618 e. The first-order valence-corrected chi connectivity index (χ1v) is 10.8. The van der Waals surface area contributed by atoms with Crippen LogP contribution in [0, 0.1) is 0 Å². The van der Waals surface area contributed by atoms with Crippen molar-refractivity contribution in [1.29, 1.82) is 0 Å². The summed E-state index contributed by atoms with van der Waals surface area (Å²) < 4.78 is 37.0. The molecule has 5 atom stereocenters. The van der Waals surface area contributed by atoms with E-state index < -0.39 is 52.6 Å². The SMILES string of the molecule is Nc1ncnc2c1ncn2OP(=O)(OC(=O)[C@H](O)[C@@H](O)[C@H](O)[C@H](O)CO)OP(=O)(O)O. The second-order valence-electron chi connectivity index (χ2n) is 5.69. The van der Waals surface area contributed by atoms with E-state index in [0.717, 1.165) is 12.7 Å². The van der Waals surface area contributed by atoms with E-state index in [4.69, 9.17) is 20.6 Å². The number of anilines is 1. The Labute approximate surface area is 171 Å². The van der Waals surface area contributed by atoms with E-state index in [1.807, 2.05) is 0 Å². The molecule has 0 aliphatic rings. The number of rotatable bonds is 10. The van der Waals surface area contributed by atoms with E-state index in [2.05, 4.69) is 28.4 Å². The number of imidazole rings is 1. The first kappa shape index (κ1) is 25.0. The van der Waals surface area contributed by atoms with Crippen LogP contribution in [0.5, 0.6) is 0 Å². The fourth-order valence-corrected chi connectivity index (χ4v) is 4.00. The summed E-state index contributed by atoms with van der Waals surface area (Å²) in [6.45, 7) is -1.07. The molecule has 0 spiro atoms. The molecule has 2 heterocycles. The molecule has 2 rings (SSSR count). The van der Waals surface area contributed by atoms with Gasteiger partial charge in [-0.1, -0.05) is 0 Å². The Hall–Kier alpha value is -2.24. The number of aliphatic hydroxyl groups excluding tert-OH is 5. The fourth-order valence-electron chi connectivity index (χ4n) is 2.00. The van der Waals surface area contributed by atoms with Gasteiger partial charge in [-0.3, -0.25) is 4.62 Å². The van der Waals surface area contributed by atoms with E-state index in [1.165, 1.54) is 0 Å². The summed E-state index contributed by atoms with van der Waals surface area (Å²) in [5.74, 6) is -2.21. The maximum absolute atomic E-state index is 12.7. The van der Waals surface area contributed by atoms with Crippen molar-refractivity contribution in [3.8, 4) is 0 Å². The second kappa shape index (κ2) is 9.49. The monoisotopic (exact) mass is 489 g/mol. The number of nitrogens with two attached hydrogens (primary N) is 1. The number of carbonyl (C=O) groups excluding carboxylic acids is 1. The zero-order chi connectivity index (χ0) is 23.6. The molecule has 0 fully saturated rings. The van der Waals surface area contributed by atoms with E-state index in [9.17, 15) is 34.4 Å². The molecule has 2 aromatic rings. The predicted octanol–water partition coefficient (Wildman–Crippen LogP) is -3.97. The molecule has 9 N–H and O–H groups in total. The lowest BCUT2D eigenvalue weighted by atomic mass is 10.0. The molecule has 0 aliphatic heterocycles. The second-order valence-corrected chi connectivity index (χ2v) is 8.56. The number of carbonyl (C=O) groups is 1. The Kier molecular flexibility index (Phi) is 7.66. The largest absolute Gasteiger partial charge is 0.618 e. The third-order valence-corrected chi connectivity index (χ3v) is 5.85. The zero-order valence-electron chi connectivity index (χ0n) is 15.0. The van der Waals surface area contributed by atoms with Crippen molar-refractivity contribution in [1.82, 2.24) is 19.7 Å². The highest BCUT2D eigenvalue weighted by atomic mass is 31.3. The van der Waals surface area contributed by atoms with Crippen molar-refractivity contribution >= 4 is 38.6 Å². The van der Waals surface area contributed by atoms with E-state index in [-0.39, 0.29) is 17.0 Å². The van der Waals surface area contributed by atoms with Crippen LogP contribution in [-0.2, 0) is 22.8 Å². The van der Waals surface area contributed by atoms with Gasteiger partial charge in [0.05, 0.1) is 6.61 Å². The summed E-state index contributed by atoms with van der Waals surface area (Å²) in [7, 11) is -11.3. The van der Waals surface area contributed by atoms with Gasteiger partial charge in [-0.25, -0.2) is 28.9 Å². The van der Waals surface area contributed by atoms with Crippen LogP contribution < -0.4 is 10.4 Å². The summed E-state index contributed by atoms with van der Waals surface area (Å²) >= 11 is 0. The van der Waals surface area contributed by atoms with Gasteiger partial charge in [-0.15, -0.1) is 4.73 Å². The molecule has 1 unspecified atom stereocenters. The lowest BCUT2D eigenvalue weighted by molar-refractivity contribution is -0.163. The minimum atomic E-state index is -5.65. The van der Waals surface area contributed by atoms with Crippen molar-refractivity contribution in [3.05, 3.63) is 12.7 Å². The molecule has 0 aliphatic carbocycles. The van der Waals surface area contributed by atoms with Crippen molar-refractivity contribution in [3.63, 3.8) is 0 Å². The maximum atomic E-state index is 12.7. The summed E-state index contributed by atoms with van der Waals surface area (Å²) in [5.41, 5.74) is 5.14. The smallest absolute Gasteiger partial charge is 0.394 e. The summed E-state index contributed by atoms with van der Waals surface area (Å²) in [6.07, 6.45) is -7.80. The number of nitrogens with zero attached hydrogens (tertiary/aromatic N) is 4. The normalized spacial score (nSPS) is 18.0. The zero-order valence-corrected chi connectivity index (χ0v) is 16.8. The average molecular weight is 489 g/mol. The molecule has 174 valence electrons. The summed E-state index contributed by atoms with van der Waals surface area (Å²) in [4.78, 5) is 40.9. The first-order valence-electron chi connectivity index (χ1n) is 7.85. The molecule has 0 aromatic carbocycles. The fraction of sp³-hybridized carbons (Fsp3) is 0.455. The lowest BCUT2D eigenvalue weighted by Gasteiger charge is -2.25. The van der Waals surface area contributed by atoms with Gasteiger partial charge in [-0.05, 0) is 0 Å². The molecule has 0 saturated heterocycles. The minimum Gasteiger partial charge on any atom is -0.394 e. The molecule has 2 aromatic heterocycles. The number of aromatic nitrogens is 4. The molecule has 20 heteroatoms. The van der Waals surface area contributed by atoms with E-state index in [0.29, 0.717) is 4.73 Å². The van der Waals surface area contributed by atoms with Crippen molar-refractivity contribution in [2.24, 2.45) is 0 Å². The van der Waals surface area contributed by atoms with Crippen LogP contribution in [-0.4, -0.2) is 92.0 Å². The first-order chi connectivity index (χ1) is 14.3. The van der Waals surface area contributed by atoms with Crippen LogP contribution in [0.2, 0.25) is 0 Å². The number of hydrogen-bond acceptors (Lipinski definition) is 15. The summed E-state index contributed by atoms with van der Waals surface area (Å²) in [5, 5.41) is 46.9. The van der Waals surface area contributed by atoms with Gasteiger partial charge in [0.2, 0.25) is 5.65 Å². The topological polar surface area (TPSA) is 290 Å². The lowest BCUT2D eigenvalue weighted by Crippen LogP contribution is -2.49. The number of hydrogen-bond donors (Lipinski definition) is 8. The standard InChI is InChI=1S/C11H17N5O13P2/c12-9-5-10(14-2-13-9)16(3-15-5)28-31(26,29-30(23,24)25)27-11(22)8(21)7(20)6(19)4(18)1-17/h2-4,6-8,17-21H,1H2,(H2,12,13,14)(H2,23,24,25)/t4-,6-,7+,8-,31?/m1/s1. The number of phosphoric acid groups is 2. The molecule has 31 heavy (non-hydrogen) atoms. The molecule has 18 nitrogen and oxygen atoms in total. The van der Waals surface area contributed by atoms with Crippen molar-refractivity contribution < 1.29 is 62.7 Å². The quantitative estimate of drug-likeness (QED) is 0.148. The Bertz CT molecular complexity index is 1030. The van der Waals surface area contributed by atoms with E-state index >= 15 is 0 Å². The Morgan fingerprint density at radius 1 is 1.13 bits per heavy atom. The number of nitrogen functional groups attached to an aromatic ring is 1. The van der Waals surface area contributed by atoms with Gasteiger partial charge < -0.3 is 45.6 Å². The Balaban J connectivity index is 2.30. The highest BCUT2D eigenvalue weighted by Crippen LogP contribution is 2.59. The predicted molar refractivity (Wildman–Crippen MR) is 94.3 cm³/mol. The molecular weight excluding hydrogens is 472 g/mol. The summed E-state index contributed by atoms with van der Waals surface area (Å²) in [6, 6.07) is 0. The van der Waals surface area contributed by atoms with Gasteiger partial charge in [0.25, 0.3) is 0 Å². The van der Waals surface area contributed by atoms with Gasteiger partial charge in [-0.2, -0.15) is 4.31 Å². The van der Waals surface area contributed by atoms with Crippen molar-refractivity contribution in [2.45, 2.75) is 24.4 Å². The Morgan fingerprint density at radius 2 is 1.77 bits per heavy atom. The number of aliphatic hydroxyl groups is 5. The molecule has 0 bridgehead atoms. The van der Waals surface area contributed by atoms with Crippen LogP contribution in [0.25, 0.3) is 11.2 Å².